The molecule has 31 heavy (non-hydrogen) atoms. The maximum absolute atomic E-state index is 11.3. The smallest absolute Gasteiger partial charge is 0.219 e. The van der Waals surface area contributed by atoms with Crippen LogP contribution in [0.5, 0.6) is 0 Å². The standard InChI is InChI=1S/C15H30N2.C12H23NO/c1-10-7-12(3-5-14(10)16)9-13-4-6-15(17)11(2)8-13;14-12-10-8-6-4-2-1-3-5-7-9-11-13-12/h10-15H,3-9,16-17H2,1-2H3;1-11H2,(H,13,14). The molecule has 0 radical (unpaired) electrons. The molecular formula is C27H53N3O. The quantitative estimate of drug-likeness (QED) is 0.503. The lowest BCUT2D eigenvalue weighted by molar-refractivity contribution is -0.121. The summed E-state index contributed by atoms with van der Waals surface area (Å²) in [6.45, 7) is 5.55. The van der Waals surface area contributed by atoms with Crippen molar-refractivity contribution in [2.24, 2.45) is 35.1 Å². The number of hydrogen-bond acceptors (Lipinski definition) is 3. The van der Waals surface area contributed by atoms with Gasteiger partial charge >= 0.3 is 0 Å². The molecule has 1 heterocycles. The van der Waals surface area contributed by atoms with Crippen LogP contribution in [0.1, 0.15) is 123 Å². The van der Waals surface area contributed by atoms with Crippen LogP contribution >= 0.6 is 0 Å². The first-order chi connectivity index (χ1) is 15.0. The van der Waals surface area contributed by atoms with Crippen LogP contribution < -0.4 is 16.8 Å². The number of amides is 1. The number of nitrogens with one attached hydrogen (secondary N) is 1. The van der Waals surface area contributed by atoms with E-state index < -0.39 is 0 Å². The molecule has 0 spiro atoms. The van der Waals surface area contributed by atoms with Gasteiger partial charge in [0.2, 0.25) is 5.91 Å². The van der Waals surface area contributed by atoms with E-state index in [1.54, 1.807) is 0 Å². The molecule has 2 aliphatic carbocycles. The average Bonchev–Trinajstić information content (AvgIpc) is 2.76. The summed E-state index contributed by atoms with van der Waals surface area (Å²) in [4.78, 5) is 11.3. The highest BCUT2D eigenvalue weighted by atomic mass is 16.1. The second-order valence-electron chi connectivity index (χ2n) is 11.2. The maximum atomic E-state index is 11.3. The molecule has 4 heteroatoms. The van der Waals surface area contributed by atoms with E-state index in [1.165, 1.54) is 89.9 Å². The van der Waals surface area contributed by atoms with Gasteiger partial charge in [-0.3, -0.25) is 4.79 Å². The maximum Gasteiger partial charge on any atom is 0.219 e. The summed E-state index contributed by atoms with van der Waals surface area (Å²) < 4.78 is 0. The number of hydrogen-bond donors (Lipinski definition) is 3. The molecule has 4 nitrogen and oxygen atoms in total. The van der Waals surface area contributed by atoms with Crippen molar-refractivity contribution in [2.75, 3.05) is 6.54 Å². The van der Waals surface area contributed by atoms with E-state index in [0.717, 1.165) is 49.5 Å². The summed E-state index contributed by atoms with van der Waals surface area (Å²) in [5.41, 5.74) is 12.2. The Morgan fingerprint density at radius 1 is 0.710 bits per heavy atom. The fraction of sp³-hybridized carbons (Fsp3) is 0.963. The van der Waals surface area contributed by atoms with Gasteiger partial charge in [0.1, 0.15) is 0 Å². The van der Waals surface area contributed by atoms with Gasteiger partial charge < -0.3 is 16.8 Å². The van der Waals surface area contributed by atoms with Crippen molar-refractivity contribution in [3.05, 3.63) is 0 Å². The topological polar surface area (TPSA) is 81.1 Å². The zero-order valence-corrected chi connectivity index (χ0v) is 20.8. The van der Waals surface area contributed by atoms with Crippen LogP contribution in [0.15, 0.2) is 0 Å². The Labute approximate surface area is 193 Å². The van der Waals surface area contributed by atoms with Gasteiger partial charge in [-0.15, -0.1) is 0 Å². The summed E-state index contributed by atoms with van der Waals surface area (Å²) in [5, 5.41) is 2.98. The molecular weight excluding hydrogens is 382 g/mol. The average molecular weight is 436 g/mol. The van der Waals surface area contributed by atoms with Gasteiger partial charge in [-0.1, -0.05) is 58.8 Å². The van der Waals surface area contributed by atoms with E-state index in [0.29, 0.717) is 12.1 Å². The molecule has 0 aromatic rings. The molecule has 1 aliphatic heterocycles. The van der Waals surface area contributed by atoms with Crippen molar-refractivity contribution in [3.63, 3.8) is 0 Å². The van der Waals surface area contributed by atoms with E-state index in [2.05, 4.69) is 19.2 Å². The summed E-state index contributed by atoms with van der Waals surface area (Å²) in [7, 11) is 0. The Morgan fingerprint density at radius 2 is 1.16 bits per heavy atom. The lowest BCUT2D eigenvalue weighted by Crippen LogP contribution is -2.37. The molecule has 0 aromatic carbocycles. The number of carbonyl (C=O) groups is 1. The first-order valence-electron chi connectivity index (χ1n) is 13.7. The zero-order valence-electron chi connectivity index (χ0n) is 20.8. The predicted octanol–water partition coefficient (Wildman–Crippen LogP) is 5.92. The highest BCUT2D eigenvalue weighted by molar-refractivity contribution is 5.75. The molecule has 6 unspecified atom stereocenters. The lowest BCUT2D eigenvalue weighted by Gasteiger charge is -2.37. The summed E-state index contributed by atoms with van der Waals surface area (Å²) in [6, 6.07) is 0.926. The SMILES string of the molecule is CC1CC(CC2CCC(N)C(C)C2)CCC1N.O=C1CCCCCCCCCCCN1. The Kier molecular flexibility index (Phi) is 13.1. The predicted molar refractivity (Wildman–Crippen MR) is 133 cm³/mol. The van der Waals surface area contributed by atoms with E-state index in [1.807, 2.05) is 0 Å². The second-order valence-corrected chi connectivity index (χ2v) is 11.2. The molecule has 6 atom stereocenters. The first-order valence-corrected chi connectivity index (χ1v) is 13.7. The Morgan fingerprint density at radius 3 is 1.65 bits per heavy atom. The number of carbonyl (C=O) groups excluding carboxylic acids is 1. The van der Waals surface area contributed by atoms with Gasteiger partial charge in [-0.2, -0.15) is 0 Å². The minimum Gasteiger partial charge on any atom is -0.356 e. The number of nitrogens with two attached hydrogens (primary N) is 2. The fourth-order valence-electron chi connectivity index (χ4n) is 5.93. The third kappa shape index (κ3) is 11.2. The van der Waals surface area contributed by atoms with E-state index in [-0.39, 0.29) is 5.91 Å². The molecule has 1 saturated heterocycles. The fourth-order valence-corrected chi connectivity index (χ4v) is 5.93. The Hall–Kier alpha value is -0.610. The van der Waals surface area contributed by atoms with Crippen molar-refractivity contribution in [1.82, 2.24) is 5.32 Å². The number of rotatable bonds is 2. The van der Waals surface area contributed by atoms with E-state index in [9.17, 15) is 4.79 Å². The molecule has 0 bridgehead atoms. The molecule has 3 aliphatic rings. The van der Waals surface area contributed by atoms with Crippen molar-refractivity contribution < 1.29 is 4.79 Å². The highest BCUT2D eigenvalue weighted by Crippen LogP contribution is 2.38. The van der Waals surface area contributed by atoms with Crippen LogP contribution in [0.2, 0.25) is 0 Å². The Bertz CT molecular complexity index is 443. The minimum atomic E-state index is 0.254. The molecule has 0 aromatic heterocycles. The molecule has 1 amide bonds. The van der Waals surface area contributed by atoms with Crippen LogP contribution in [0.3, 0.4) is 0 Å². The second kappa shape index (κ2) is 15.3. The van der Waals surface area contributed by atoms with Crippen molar-refractivity contribution in [2.45, 2.75) is 135 Å². The third-order valence-electron chi connectivity index (χ3n) is 8.26. The Balaban J connectivity index is 0.000000225. The zero-order chi connectivity index (χ0) is 22.5. The van der Waals surface area contributed by atoms with Crippen molar-refractivity contribution in [1.29, 1.82) is 0 Å². The van der Waals surface area contributed by atoms with Gasteiger partial charge in [0.15, 0.2) is 0 Å². The molecule has 5 N–H and O–H groups in total. The van der Waals surface area contributed by atoms with Gasteiger partial charge in [0.05, 0.1) is 0 Å². The van der Waals surface area contributed by atoms with Crippen LogP contribution in [0, 0.1) is 23.7 Å². The van der Waals surface area contributed by atoms with Gasteiger partial charge in [0, 0.05) is 25.0 Å². The van der Waals surface area contributed by atoms with E-state index in [4.69, 9.17) is 11.5 Å². The summed E-state index contributed by atoms with van der Waals surface area (Å²) >= 11 is 0. The van der Waals surface area contributed by atoms with Crippen LogP contribution in [-0.2, 0) is 4.79 Å². The lowest BCUT2D eigenvalue weighted by atomic mass is 9.71. The van der Waals surface area contributed by atoms with E-state index >= 15 is 0 Å². The van der Waals surface area contributed by atoms with Gasteiger partial charge in [0.25, 0.3) is 0 Å². The molecule has 3 rings (SSSR count). The van der Waals surface area contributed by atoms with Crippen molar-refractivity contribution >= 4 is 5.91 Å². The monoisotopic (exact) mass is 435 g/mol. The van der Waals surface area contributed by atoms with Crippen LogP contribution in [0.4, 0.5) is 0 Å². The summed E-state index contributed by atoms with van der Waals surface area (Å²) in [5.74, 6) is 3.60. The van der Waals surface area contributed by atoms with Crippen LogP contribution in [0.25, 0.3) is 0 Å². The van der Waals surface area contributed by atoms with Gasteiger partial charge in [-0.25, -0.2) is 0 Å². The molecule has 2 saturated carbocycles. The summed E-state index contributed by atoms with van der Waals surface area (Å²) in [6.07, 6.45) is 21.6. The van der Waals surface area contributed by atoms with Gasteiger partial charge in [-0.05, 0) is 81.5 Å². The third-order valence-corrected chi connectivity index (χ3v) is 8.26. The highest BCUT2D eigenvalue weighted by Gasteiger charge is 2.30. The molecule has 3 fully saturated rings. The molecule has 182 valence electrons. The normalized spacial score (nSPS) is 36.6. The minimum absolute atomic E-state index is 0.254. The van der Waals surface area contributed by atoms with Crippen molar-refractivity contribution in [3.8, 4) is 0 Å². The first kappa shape index (κ1) is 26.6. The largest absolute Gasteiger partial charge is 0.356 e. The van der Waals surface area contributed by atoms with Crippen LogP contribution in [-0.4, -0.2) is 24.5 Å².